The van der Waals surface area contributed by atoms with E-state index in [1.165, 1.54) is 5.56 Å². The highest BCUT2D eigenvalue weighted by Crippen LogP contribution is 2.25. The highest BCUT2D eigenvalue weighted by Gasteiger charge is 2.09. The van der Waals surface area contributed by atoms with Gasteiger partial charge in [0.25, 0.3) is 0 Å². The largest absolute Gasteiger partial charge is 0.496 e. The number of carboxylic acid groups (broad SMARTS) is 1. The maximum absolute atomic E-state index is 10.6. The van der Waals surface area contributed by atoms with Crippen LogP contribution in [-0.2, 0) is 11.2 Å². The van der Waals surface area contributed by atoms with Gasteiger partial charge in [0.05, 0.1) is 7.11 Å². The first kappa shape index (κ1) is 14.6. The maximum Gasteiger partial charge on any atom is 0.303 e. The second kappa shape index (κ2) is 6.43. The molecule has 100 valence electrons. The van der Waals surface area contributed by atoms with Crippen LogP contribution in [-0.4, -0.2) is 18.2 Å². The molecule has 0 aliphatic rings. The van der Waals surface area contributed by atoms with Gasteiger partial charge in [0.1, 0.15) is 5.75 Å². The van der Waals surface area contributed by atoms with Gasteiger partial charge in [-0.3, -0.25) is 4.79 Å². The van der Waals surface area contributed by atoms with Crippen molar-refractivity contribution in [3.8, 4) is 5.75 Å². The zero-order chi connectivity index (χ0) is 13.7. The Bertz CT molecular complexity index is 401. The molecule has 1 unspecified atom stereocenters. The number of aryl methyl sites for hydroxylation is 3. The third-order valence-corrected chi connectivity index (χ3v) is 3.17. The molecular formula is C15H22O3. The number of methoxy groups -OCH3 is 1. The van der Waals surface area contributed by atoms with Gasteiger partial charge in [0.2, 0.25) is 0 Å². The van der Waals surface area contributed by atoms with E-state index in [0.29, 0.717) is 0 Å². The first-order chi connectivity index (χ1) is 8.43. The summed E-state index contributed by atoms with van der Waals surface area (Å²) in [6.45, 7) is 6.06. The van der Waals surface area contributed by atoms with Crippen molar-refractivity contribution in [2.24, 2.45) is 5.92 Å². The Morgan fingerprint density at radius 3 is 2.33 bits per heavy atom. The van der Waals surface area contributed by atoms with Gasteiger partial charge >= 0.3 is 5.97 Å². The summed E-state index contributed by atoms with van der Waals surface area (Å²) in [4.78, 5) is 10.6. The van der Waals surface area contributed by atoms with Gasteiger partial charge in [0.15, 0.2) is 0 Å². The summed E-state index contributed by atoms with van der Waals surface area (Å²) in [6.07, 6.45) is 2.06. The van der Waals surface area contributed by atoms with Crippen LogP contribution in [0.2, 0.25) is 0 Å². The lowest BCUT2D eigenvalue weighted by Crippen LogP contribution is -2.05. The van der Waals surface area contributed by atoms with Crippen LogP contribution in [0.15, 0.2) is 12.1 Å². The molecule has 0 aromatic heterocycles. The van der Waals surface area contributed by atoms with Crippen molar-refractivity contribution in [2.75, 3.05) is 7.11 Å². The van der Waals surface area contributed by atoms with Gasteiger partial charge in [-0.15, -0.1) is 0 Å². The molecule has 0 amide bonds. The molecule has 1 atom stereocenters. The lowest BCUT2D eigenvalue weighted by molar-refractivity contribution is -0.138. The number of hydrogen-bond acceptors (Lipinski definition) is 2. The first-order valence-corrected chi connectivity index (χ1v) is 6.30. The zero-order valence-electron chi connectivity index (χ0n) is 11.6. The number of aliphatic carboxylic acids is 1. The summed E-state index contributed by atoms with van der Waals surface area (Å²) in [7, 11) is 1.68. The van der Waals surface area contributed by atoms with Crippen molar-refractivity contribution in [3.63, 3.8) is 0 Å². The standard InChI is InChI=1S/C15H22O3/c1-10(7-14(16)17)5-6-13-8-11(2)15(18-4)12(3)9-13/h8-10H,5-7H2,1-4H3,(H,16,17). The smallest absolute Gasteiger partial charge is 0.303 e. The molecule has 0 aliphatic heterocycles. The fraction of sp³-hybridized carbons (Fsp3) is 0.533. The highest BCUT2D eigenvalue weighted by molar-refractivity contribution is 5.66. The quantitative estimate of drug-likeness (QED) is 0.842. The van der Waals surface area contributed by atoms with Crippen LogP contribution in [0.5, 0.6) is 5.75 Å². The summed E-state index contributed by atoms with van der Waals surface area (Å²) in [5.41, 5.74) is 3.53. The average Bonchev–Trinajstić information content (AvgIpc) is 2.25. The van der Waals surface area contributed by atoms with Crippen molar-refractivity contribution < 1.29 is 14.6 Å². The predicted molar refractivity (Wildman–Crippen MR) is 72.2 cm³/mol. The second-order valence-corrected chi connectivity index (χ2v) is 5.00. The number of hydrogen-bond donors (Lipinski definition) is 1. The van der Waals surface area contributed by atoms with Gasteiger partial charge in [-0.2, -0.15) is 0 Å². The Labute approximate surface area is 109 Å². The zero-order valence-corrected chi connectivity index (χ0v) is 11.6. The summed E-state index contributed by atoms with van der Waals surface area (Å²) in [6, 6.07) is 4.25. The number of rotatable bonds is 6. The summed E-state index contributed by atoms with van der Waals surface area (Å²) in [5, 5.41) is 8.72. The van der Waals surface area contributed by atoms with Crippen LogP contribution in [0, 0.1) is 19.8 Å². The third-order valence-electron chi connectivity index (χ3n) is 3.17. The Morgan fingerprint density at radius 1 is 1.33 bits per heavy atom. The van der Waals surface area contributed by atoms with E-state index in [2.05, 4.69) is 12.1 Å². The minimum absolute atomic E-state index is 0.213. The molecule has 0 saturated heterocycles. The van der Waals surface area contributed by atoms with Crippen molar-refractivity contribution in [1.82, 2.24) is 0 Å². The predicted octanol–water partition coefficient (Wildman–Crippen LogP) is 3.36. The molecule has 1 aromatic carbocycles. The first-order valence-electron chi connectivity index (χ1n) is 6.30. The molecule has 1 N–H and O–H groups in total. The number of carboxylic acids is 1. The lowest BCUT2D eigenvalue weighted by atomic mass is 9.96. The minimum atomic E-state index is -0.718. The molecule has 0 heterocycles. The van der Waals surface area contributed by atoms with E-state index in [-0.39, 0.29) is 12.3 Å². The molecule has 0 spiro atoms. The monoisotopic (exact) mass is 250 g/mol. The van der Waals surface area contributed by atoms with E-state index >= 15 is 0 Å². The van der Waals surface area contributed by atoms with E-state index in [1.807, 2.05) is 20.8 Å². The van der Waals surface area contributed by atoms with Crippen molar-refractivity contribution >= 4 is 5.97 Å². The van der Waals surface area contributed by atoms with Crippen molar-refractivity contribution in [2.45, 2.75) is 40.0 Å². The normalized spacial score (nSPS) is 12.2. The van der Waals surface area contributed by atoms with Crippen LogP contribution >= 0.6 is 0 Å². The van der Waals surface area contributed by atoms with Gasteiger partial charge in [-0.25, -0.2) is 0 Å². The lowest BCUT2D eigenvalue weighted by Gasteiger charge is -2.13. The fourth-order valence-corrected chi connectivity index (χ4v) is 2.32. The van der Waals surface area contributed by atoms with E-state index in [1.54, 1.807) is 7.11 Å². The van der Waals surface area contributed by atoms with Crippen LogP contribution in [0.1, 0.15) is 36.5 Å². The van der Waals surface area contributed by atoms with Crippen LogP contribution in [0.3, 0.4) is 0 Å². The fourth-order valence-electron chi connectivity index (χ4n) is 2.32. The molecular weight excluding hydrogens is 228 g/mol. The van der Waals surface area contributed by atoms with Gasteiger partial charge in [0, 0.05) is 6.42 Å². The summed E-state index contributed by atoms with van der Waals surface area (Å²) in [5.74, 6) is 0.437. The topological polar surface area (TPSA) is 46.5 Å². The molecule has 18 heavy (non-hydrogen) atoms. The Morgan fingerprint density at radius 2 is 1.89 bits per heavy atom. The SMILES string of the molecule is COc1c(C)cc(CCC(C)CC(=O)O)cc1C. The van der Waals surface area contributed by atoms with Crippen LogP contribution in [0.25, 0.3) is 0 Å². The van der Waals surface area contributed by atoms with Crippen molar-refractivity contribution in [1.29, 1.82) is 0 Å². The number of benzene rings is 1. The maximum atomic E-state index is 10.6. The van der Waals surface area contributed by atoms with Crippen LogP contribution < -0.4 is 4.74 Å². The summed E-state index contributed by atoms with van der Waals surface area (Å²) < 4.78 is 5.33. The molecule has 3 nitrogen and oxygen atoms in total. The molecule has 0 aliphatic carbocycles. The Hall–Kier alpha value is -1.51. The van der Waals surface area contributed by atoms with Crippen LogP contribution in [0.4, 0.5) is 0 Å². The Balaban J connectivity index is 2.66. The molecule has 1 rings (SSSR count). The van der Waals surface area contributed by atoms with E-state index in [4.69, 9.17) is 9.84 Å². The Kier molecular flexibility index (Phi) is 5.20. The van der Waals surface area contributed by atoms with E-state index in [0.717, 1.165) is 29.7 Å². The third kappa shape index (κ3) is 4.06. The minimum Gasteiger partial charge on any atom is -0.496 e. The van der Waals surface area contributed by atoms with Gasteiger partial charge in [-0.1, -0.05) is 19.1 Å². The number of ether oxygens (including phenoxy) is 1. The molecule has 0 saturated carbocycles. The molecule has 0 bridgehead atoms. The van der Waals surface area contributed by atoms with Crippen molar-refractivity contribution in [3.05, 3.63) is 28.8 Å². The van der Waals surface area contributed by atoms with Gasteiger partial charge in [-0.05, 0) is 49.3 Å². The molecule has 0 fully saturated rings. The second-order valence-electron chi connectivity index (χ2n) is 5.00. The molecule has 1 aromatic rings. The molecule has 0 radical (unpaired) electrons. The molecule has 3 heteroatoms. The van der Waals surface area contributed by atoms with Gasteiger partial charge < -0.3 is 9.84 Å². The van der Waals surface area contributed by atoms with E-state index < -0.39 is 5.97 Å². The number of carbonyl (C=O) groups is 1. The van der Waals surface area contributed by atoms with E-state index in [9.17, 15) is 4.79 Å². The summed E-state index contributed by atoms with van der Waals surface area (Å²) >= 11 is 0. The highest BCUT2D eigenvalue weighted by atomic mass is 16.5. The average molecular weight is 250 g/mol.